The fourth-order valence-electron chi connectivity index (χ4n) is 1.81. The lowest BCUT2D eigenvalue weighted by Gasteiger charge is -2.14. The third kappa shape index (κ3) is 3.18. The number of rotatable bonds is 5. The zero-order valence-electron chi connectivity index (χ0n) is 11.3. The van der Waals surface area contributed by atoms with Crippen molar-refractivity contribution in [2.75, 3.05) is 0 Å². The summed E-state index contributed by atoms with van der Waals surface area (Å²) in [5, 5.41) is 0. The summed E-state index contributed by atoms with van der Waals surface area (Å²) < 4.78 is 2.59. The molecule has 1 aromatic heterocycles. The molecule has 0 radical (unpaired) electrons. The Balaban J connectivity index is 3.43. The Morgan fingerprint density at radius 2 is 1.67 bits per heavy atom. The SMILES string of the molecule is CC(C)Cn1cc(C=O)c(=O)n(CC(C)C)c1=O. The molecule has 0 spiro atoms. The lowest BCUT2D eigenvalue weighted by molar-refractivity contribution is 0.112. The Hall–Kier alpha value is -1.65. The quantitative estimate of drug-likeness (QED) is 0.738. The minimum Gasteiger partial charge on any atom is -0.299 e. The van der Waals surface area contributed by atoms with Crippen molar-refractivity contribution < 1.29 is 4.79 Å². The van der Waals surface area contributed by atoms with E-state index in [-0.39, 0.29) is 23.1 Å². The molecule has 1 aromatic rings. The van der Waals surface area contributed by atoms with Crippen LogP contribution in [-0.4, -0.2) is 15.4 Å². The maximum atomic E-state index is 12.1. The summed E-state index contributed by atoms with van der Waals surface area (Å²) in [6, 6.07) is 0. The largest absolute Gasteiger partial charge is 0.331 e. The van der Waals surface area contributed by atoms with Gasteiger partial charge in [-0.25, -0.2) is 4.79 Å². The van der Waals surface area contributed by atoms with Crippen LogP contribution < -0.4 is 11.2 Å². The lowest BCUT2D eigenvalue weighted by Crippen LogP contribution is -2.42. The van der Waals surface area contributed by atoms with E-state index in [1.54, 1.807) is 0 Å². The molecule has 0 saturated carbocycles. The van der Waals surface area contributed by atoms with Gasteiger partial charge in [-0.3, -0.25) is 18.7 Å². The van der Waals surface area contributed by atoms with Gasteiger partial charge in [0.15, 0.2) is 6.29 Å². The van der Waals surface area contributed by atoms with E-state index in [1.165, 1.54) is 10.8 Å². The van der Waals surface area contributed by atoms with E-state index in [9.17, 15) is 14.4 Å². The molecule has 0 bridgehead atoms. The summed E-state index contributed by atoms with van der Waals surface area (Å²) in [6.45, 7) is 8.63. The van der Waals surface area contributed by atoms with E-state index in [0.29, 0.717) is 19.4 Å². The molecule has 100 valence electrons. The molecule has 0 aliphatic heterocycles. The molecule has 0 saturated heterocycles. The average molecular weight is 252 g/mol. The highest BCUT2D eigenvalue weighted by atomic mass is 16.2. The molecule has 0 aromatic carbocycles. The molecule has 0 aliphatic carbocycles. The van der Waals surface area contributed by atoms with Crippen LogP contribution in [0.5, 0.6) is 0 Å². The van der Waals surface area contributed by atoms with Crippen LogP contribution in [0.1, 0.15) is 38.1 Å². The Morgan fingerprint density at radius 3 is 2.11 bits per heavy atom. The number of carbonyl (C=O) groups is 1. The van der Waals surface area contributed by atoms with Crippen molar-refractivity contribution in [3.63, 3.8) is 0 Å². The van der Waals surface area contributed by atoms with Crippen molar-refractivity contribution in [1.29, 1.82) is 0 Å². The summed E-state index contributed by atoms with van der Waals surface area (Å²) in [5.41, 5.74) is -0.799. The average Bonchev–Trinajstić information content (AvgIpc) is 2.27. The maximum Gasteiger partial charge on any atom is 0.331 e. The van der Waals surface area contributed by atoms with Crippen LogP contribution in [0.25, 0.3) is 0 Å². The van der Waals surface area contributed by atoms with Gasteiger partial charge < -0.3 is 0 Å². The predicted molar refractivity (Wildman–Crippen MR) is 70.0 cm³/mol. The maximum absolute atomic E-state index is 12.1. The van der Waals surface area contributed by atoms with Crippen molar-refractivity contribution in [3.8, 4) is 0 Å². The predicted octanol–water partition coefficient (Wildman–Crippen LogP) is 1.13. The smallest absolute Gasteiger partial charge is 0.299 e. The first kappa shape index (κ1) is 14.4. The molecule has 0 atom stereocenters. The number of aromatic nitrogens is 2. The van der Waals surface area contributed by atoms with Crippen LogP contribution in [0.4, 0.5) is 0 Å². The molecule has 0 amide bonds. The van der Waals surface area contributed by atoms with Crippen LogP contribution in [0.3, 0.4) is 0 Å². The second kappa shape index (κ2) is 5.80. The zero-order valence-corrected chi connectivity index (χ0v) is 11.3. The van der Waals surface area contributed by atoms with E-state index >= 15 is 0 Å². The van der Waals surface area contributed by atoms with Crippen molar-refractivity contribution in [2.24, 2.45) is 11.8 Å². The highest BCUT2D eigenvalue weighted by Crippen LogP contribution is 1.98. The Morgan fingerprint density at radius 1 is 1.11 bits per heavy atom. The Kier molecular flexibility index (Phi) is 4.64. The number of hydrogen-bond donors (Lipinski definition) is 0. The first-order valence-electron chi connectivity index (χ1n) is 6.16. The van der Waals surface area contributed by atoms with E-state index < -0.39 is 5.56 Å². The first-order valence-corrected chi connectivity index (χ1v) is 6.16. The van der Waals surface area contributed by atoms with Gasteiger partial charge in [-0.1, -0.05) is 27.7 Å². The third-order valence-electron chi connectivity index (χ3n) is 2.50. The fraction of sp³-hybridized carbons (Fsp3) is 0.615. The molecule has 18 heavy (non-hydrogen) atoms. The van der Waals surface area contributed by atoms with Crippen molar-refractivity contribution in [1.82, 2.24) is 9.13 Å². The molecule has 1 rings (SSSR count). The monoisotopic (exact) mass is 252 g/mol. The van der Waals surface area contributed by atoms with Crippen molar-refractivity contribution in [2.45, 2.75) is 40.8 Å². The Bertz CT molecular complexity index is 538. The van der Waals surface area contributed by atoms with Crippen LogP contribution in [0.15, 0.2) is 15.8 Å². The van der Waals surface area contributed by atoms with E-state index in [0.717, 1.165) is 4.57 Å². The summed E-state index contributed by atoms with van der Waals surface area (Å²) >= 11 is 0. The lowest BCUT2D eigenvalue weighted by atomic mass is 10.2. The first-order chi connectivity index (χ1) is 8.36. The second-order valence-electron chi connectivity index (χ2n) is 5.34. The topological polar surface area (TPSA) is 61.1 Å². The van der Waals surface area contributed by atoms with Gasteiger partial charge in [-0.15, -0.1) is 0 Å². The summed E-state index contributed by atoms with van der Waals surface area (Å²) in [5.74, 6) is 0.442. The number of hydrogen-bond acceptors (Lipinski definition) is 3. The van der Waals surface area contributed by atoms with Gasteiger partial charge in [0.2, 0.25) is 0 Å². The highest BCUT2D eigenvalue weighted by Gasteiger charge is 2.12. The Labute approximate surface area is 106 Å². The summed E-state index contributed by atoms with van der Waals surface area (Å²) in [7, 11) is 0. The second-order valence-corrected chi connectivity index (χ2v) is 5.34. The summed E-state index contributed by atoms with van der Waals surface area (Å²) in [4.78, 5) is 34.9. The minimum absolute atomic E-state index is 0.0379. The molecular weight excluding hydrogens is 232 g/mol. The zero-order chi connectivity index (χ0) is 13.9. The van der Waals surface area contributed by atoms with E-state index in [2.05, 4.69) is 0 Å². The fourth-order valence-corrected chi connectivity index (χ4v) is 1.81. The molecule has 1 heterocycles. The van der Waals surface area contributed by atoms with Crippen LogP contribution in [0.2, 0.25) is 0 Å². The highest BCUT2D eigenvalue weighted by molar-refractivity contribution is 5.73. The van der Waals surface area contributed by atoms with Gasteiger partial charge in [-0.2, -0.15) is 0 Å². The van der Waals surface area contributed by atoms with Gasteiger partial charge in [0.25, 0.3) is 5.56 Å². The van der Waals surface area contributed by atoms with Crippen molar-refractivity contribution >= 4 is 6.29 Å². The third-order valence-corrected chi connectivity index (χ3v) is 2.50. The normalized spacial score (nSPS) is 11.2. The van der Waals surface area contributed by atoms with Gasteiger partial charge in [-0.05, 0) is 11.8 Å². The number of aldehydes is 1. The summed E-state index contributed by atoms with van der Waals surface area (Å²) in [6.07, 6.45) is 1.87. The molecule has 0 fully saturated rings. The van der Waals surface area contributed by atoms with Gasteiger partial charge >= 0.3 is 5.69 Å². The van der Waals surface area contributed by atoms with Crippen molar-refractivity contribution in [3.05, 3.63) is 32.6 Å². The molecule has 0 unspecified atom stereocenters. The molecular formula is C13H20N2O3. The van der Waals surface area contributed by atoms with Crippen LogP contribution in [0, 0.1) is 11.8 Å². The van der Waals surface area contributed by atoms with E-state index in [1.807, 2.05) is 27.7 Å². The van der Waals surface area contributed by atoms with Gasteiger partial charge in [0.1, 0.15) is 0 Å². The minimum atomic E-state index is -0.497. The number of carbonyl (C=O) groups excluding carboxylic acids is 1. The van der Waals surface area contributed by atoms with Gasteiger partial charge in [0, 0.05) is 19.3 Å². The molecule has 5 heteroatoms. The van der Waals surface area contributed by atoms with Crippen LogP contribution in [-0.2, 0) is 13.1 Å². The number of nitrogens with zero attached hydrogens (tertiary/aromatic N) is 2. The van der Waals surface area contributed by atoms with E-state index in [4.69, 9.17) is 0 Å². The van der Waals surface area contributed by atoms with Gasteiger partial charge in [0.05, 0.1) is 5.56 Å². The molecule has 5 nitrogen and oxygen atoms in total. The molecule has 0 aliphatic rings. The molecule has 0 N–H and O–H groups in total. The standard InChI is InChI=1S/C13H20N2O3/c1-9(2)5-14-7-11(8-16)12(17)15(13(14)18)6-10(3)4/h7-10H,5-6H2,1-4H3. The van der Waals surface area contributed by atoms with Crippen LogP contribution >= 0.6 is 0 Å².